The lowest BCUT2D eigenvalue weighted by Gasteiger charge is -2.40. The largest absolute Gasteiger partial charge is 0.354 e. The van der Waals surface area contributed by atoms with Gasteiger partial charge in [0.25, 0.3) is 0 Å². The Morgan fingerprint density at radius 3 is 2.65 bits per heavy atom. The number of hydrogen-bond acceptors (Lipinski definition) is 6. The van der Waals surface area contributed by atoms with Crippen molar-refractivity contribution in [2.45, 2.75) is 109 Å². The van der Waals surface area contributed by atoms with Gasteiger partial charge in [-0.3, -0.25) is 0 Å². The van der Waals surface area contributed by atoms with E-state index in [1.54, 1.807) is 0 Å². The van der Waals surface area contributed by atoms with Crippen LogP contribution in [-0.2, 0) is 13.1 Å². The summed E-state index contributed by atoms with van der Waals surface area (Å²) in [6.45, 7) is 5.01. The molecule has 2 aliphatic carbocycles. The molecular weight excluding hydrogens is 420 g/mol. The van der Waals surface area contributed by atoms with Crippen molar-refractivity contribution in [1.29, 1.82) is 0 Å². The summed E-state index contributed by atoms with van der Waals surface area (Å²) in [7, 11) is 0. The summed E-state index contributed by atoms with van der Waals surface area (Å²) in [6, 6.07) is 8.54. The van der Waals surface area contributed by atoms with E-state index in [0.29, 0.717) is 18.1 Å². The Hall–Kier alpha value is -2.18. The van der Waals surface area contributed by atoms with Crippen molar-refractivity contribution in [2.75, 3.05) is 16.8 Å². The number of rotatable bonds is 8. The maximum absolute atomic E-state index is 6.24. The van der Waals surface area contributed by atoms with Gasteiger partial charge >= 0.3 is 0 Å². The highest BCUT2D eigenvalue weighted by molar-refractivity contribution is 5.81. The number of hydrogen-bond donors (Lipinski definition) is 3. The number of anilines is 2. The standard InChI is InChI=1S/C28H42N6/c1-2-3-15-30-28-32-18-26-25-14-9-20(17-31-23-7-5-4-6-8-23)16-21(25)19-34(27(26)33-28)24-12-10-22(29)11-13-24/h9,14,16,18,22-24,31H,2-8,10-13,15,17,19,29H2,1H3,(H,30,32,33). The van der Waals surface area contributed by atoms with Crippen LogP contribution in [-0.4, -0.2) is 34.6 Å². The summed E-state index contributed by atoms with van der Waals surface area (Å²) >= 11 is 0. The molecule has 5 rings (SSSR count). The van der Waals surface area contributed by atoms with Gasteiger partial charge in [-0.25, -0.2) is 4.98 Å². The van der Waals surface area contributed by atoms with E-state index < -0.39 is 0 Å². The molecule has 0 spiro atoms. The monoisotopic (exact) mass is 462 g/mol. The molecule has 184 valence electrons. The SMILES string of the molecule is CCCCNc1ncc2c(n1)N(C1CCC(N)CC1)Cc1cc(CNC3CCCCC3)ccc1-2. The lowest BCUT2D eigenvalue weighted by molar-refractivity contribution is 0.371. The third kappa shape index (κ3) is 5.38. The molecule has 0 unspecified atom stereocenters. The van der Waals surface area contributed by atoms with E-state index in [4.69, 9.17) is 15.7 Å². The molecule has 0 amide bonds. The first kappa shape index (κ1) is 23.6. The van der Waals surface area contributed by atoms with Crippen LogP contribution < -0.4 is 21.3 Å². The molecule has 1 aromatic carbocycles. The lowest BCUT2D eigenvalue weighted by atomic mass is 9.87. The smallest absolute Gasteiger partial charge is 0.224 e. The average Bonchev–Trinajstić information content (AvgIpc) is 2.88. The van der Waals surface area contributed by atoms with Crippen LogP contribution in [0.25, 0.3) is 11.1 Å². The quantitative estimate of drug-likeness (QED) is 0.458. The van der Waals surface area contributed by atoms with Crippen molar-refractivity contribution in [3.63, 3.8) is 0 Å². The van der Waals surface area contributed by atoms with E-state index in [9.17, 15) is 0 Å². The van der Waals surface area contributed by atoms with Crippen LogP contribution in [0.5, 0.6) is 0 Å². The topological polar surface area (TPSA) is 79.1 Å². The number of nitrogens with zero attached hydrogens (tertiary/aromatic N) is 3. The van der Waals surface area contributed by atoms with Crippen molar-refractivity contribution in [3.8, 4) is 11.1 Å². The van der Waals surface area contributed by atoms with Gasteiger partial charge in [-0.05, 0) is 61.6 Å². The van der Waals surface area contributed by atoms with E-state index in [1.807, 2.05) is 6.20 Å². The highest BCUT2D eigenvalue weighted by atomic mass is 15.3. The normalized spacial score (nSPS) is 22.8. The number of nitrogens with one attached hydrogen (secondary N) is 2. The van der Waals surface area contributed by atoms with Crippen LogP contribution in [0.2, 0.25) is 0 Å². The van der Waals surface area contributed by atoms with Gasteiger partial charge in [0.2, 0.25) is 5.95 Å². The second kappa shape index (κ2) is 11.0. The summed E-state index contributed by atoms with van der Waals surface area (Å²) in [5.74, 6) is 1.84. The van der Waals surface area contributed by atoms with E-state index >= 15 is 0 Å². The molecule has 2 fully saturated rings. The van der Waals surface area contributed by atoms with Gasteiger partial charge in [-0.1, -0.05) is 50.8 Å². The van der Waals surface area contributed by atoms with Gasteiger partial charge in [-0.2, -0.15) is 4.98 Å². The molecule has 2 saturated carbocycles. The number of nitrogens with two attached hydrogens (primary N) is 1. The highest BCUT2D eigenvalue weighted by Gasteiger charge is 2.32. The molecule has 1 aliphatic heterocycles. The summed E-state index contributed by atoms with van der Waals surface area (Å²) in [5, 5.41) is 7.24. The molecular formula is C28H42N6. The van der Waals surface area contributed by atoms with Crippen LogP contribution in [0, 0.1) is 0 Å². The van der Waals surface area contributed by atoms with Crippen LogP contribution in [0.3, 0.4) is 0 Å². The molecule has 0 atom stereocenters. The Kier molecular flexibility index (Phi) is 7.65. The Labute approximate surface area is 205 Å². The molecule has 6 heteroatoms. The van der Waals surface area contributed by atoms with Gasteiger partial charge in [-0.15, -0.1) is 0 Å². The summed E-state index contributed by atoms with van der Waals surface area (Å²) < 4.78 is 0. The zero-order chi connectivity index (χ0) is 23.3. The summed E-state index contributed by atoms with van der Waals surface area (Å²) in [6.07, 6.45) is 15.6. The highest BCUT2D eigenvalue weighted by Crippen LogP contribution is 2.41. The molecule has 2 heterocycles. The maximum Gasteiger partial charge on any atom is 0.224 e. The minimum Gasteiger partial charge on any atom is -0.354 e. The third-order valence-corrected chi connectivity index (χ3v) is 8.04. The molecule has 4 N–H and O–H groups in total. The van der Waals surface area contributed by atoms with E-state index in [-0.39, 0.29) is 0 Å². The Morgan fingerprint density at radius 2 is 1.85 bits per heavy atom. The third-order valence-electron chi connectivity index (χ3n) is 8.04. The Bertz CT molecular complexity index is 946. The fourth-order valence-electron chi connectivity index (χ4n) is 5.94. The minimum atomic E-state index is 0.349. The number of fused-ring (bicyclic) bond motifs is 3. The summed E-state index contributed by atoms with van der Waals surface area (Å²) in [4.78, 5) is 12.3. The molecule has 1 aromatic heterocycles. The van der Waals surface area contributed by atoms with Crippen molar-refractivity contribution in [3.05, 3.63) is 35.5 Å². The molecule has 34 heavy (non-hydrogen) atoms. The second-order valence-corrected chi connectivity index (χ2v) is 10.6. The number of benzene rings is 1. The molecule has 2 aromatic rings. The van der Waals surface area contributed by atoms with E-state index in [2.05, 4.69) is 40.7 Å². The van der Waals surface area contributed by atoms with Crippen LogP contribution >= 0.6 is 0 Å². The molecule has 0 bridgehead atoms. The van der Waals surface area contributed by atoms with Crippen LogP contribution in [0.15, 0.2) is 24.4 Å². The van der Waals surface area contributed by atoms with Crippen molar-refractivity contribution >= 4 is 11.8 Å². The van der Waals surface area contributed by atoms with Gasteiger partial charge in [0.05, 0.1) is 0 Å². The molecule has 6 nitrogen and oxygen atoms in total. The van der Waals surface area contributed by atoms with Crippen LogP contribution in [0.4, 0.5) is 11.8 Å². The predicted octanol–water partition coefficient (Wildman–Crippen LogP) is 5.37. The average molecular weight is 463 g/mol. The van der Waals surface area contributed by atoms with E-state index in [0.717, 1.165) is 69.9 Å². The first-order valence-corrected chi connectivity index (χ1v) is 13.7. The Morgan fingerprint density at radius 1 is 1.03 bits per heavy atom. The molecule has 3 aliphatic rings. The predicted molar refractivity (Wildman–Crippen MR) is 141 cm³/mol. The molecule has 0 radical (unpaired) electrons. The van der Waals surface area contributed by atoms with Crippen LogP contribution in [0.1, 0.15) is 88.7 Å². The van der Waals surface area contributed by atoms with Gasteiger partial charge < -0.3 is 21.3 Å². The Balaban J connectivity index is 1.39. The second-order valence-electron chi connectivity index (χ2n) is 10.6. The summed E-state index contributed by atoms with van der Waals surface area (Å²) in [5.41, 5.74) is 11.5. The van der Waals surface area contributed by atoms with Crippen molar-refractivity contribution < 1.29 is 0 Å². The fourth-order valence-corrected chi connectivity index (χ4v) is 5.94. The maximum atomic E-state index is 6.24. The molecule has 0 saturated heterocycles. The zero-order valence-electron chi connectivity index (χ0n) is 20.9. The van der Waals surface area contributed by atoms with Crippen molar-refractivity contribution in [1.82, 2.24) is 15.3 Å². The van der Waals surface area contributed by atoms with E-state index in [1.165, 1.54) is 54.4 Å². The fraction of sp³-hybridized carbons (Fsp3) is 0.643. The zero-order valence-corrected chi connectivity index (χ0v) is 20.9. The number of unbranched alkanes of at least 4 members (excludes halogenated alkanes) is 1. The minimum absolute atomic E-state index is 0.349. The lowest BCUT2D eigenvalue weighted by Crippen LogP contribution is -2.42. The van der Waals surface area contributed by atoms with Gasteiger partial charge in [0.1, 0.15) is 5.82 Å². The number of aromatic nitrogens is 2. The first-order chi connectivity index (χ1) is 16.7. The van der Waals surface area contributed by atoms with Crippen molar-refractivity contribution in [2.24, 2.45) is 5.73 Å². The van der Waals surface area contributed by atoms with Gasteiger partial charge in [0, 0.05) is 49.5 Å². The van der Waals surface area contributed by atoms with Gasteiger partial charge in [0.15, 0.2) is 0 Å². The first-order valence-electron chi connectivity index (χ1n) is 13.7.